The maximum Gasteiger partial charge on any atom is 0.408 e. The second-order valence-corrected chi connectivity index (χ2v) is 4.36. The first-order chi connectivity index (χ1) is 10.2. The summed E-state index contributed by atoms with van der Waals surface area (Å²) < 4.78 is 11.6. The highest BCUT2D eigenvalue weighted by atomic mass is 16.5. The van der Waals surface area contributed by atoms with E-state index in [4.69, 9.17) is 11.9 Å². The molecule has 0 radical (unpaired) electrons. The maximum absolute atomic E-state index is 11.7. The fraction of sp³-hybridized carbons (Fsp3) is 0.429. The first-order valence-corrected chi connectivity index (χ1v) is 6.51. The third-order valence-electron chi connectivity index (χ3n) is 2.74. The van der Waals surface area contributed by atoms with Gasteiger partial charge in [-0.2, -0.15) is 0 Å². The maximum atomic E-state index is 11.7. The van der Waals surface area contributed by atoms with E-state index < -0.39 is 18.1 Å². The van der Waals surface area contributed by atoms with Crippen LogP contribution < -0.4 is 11.1 Å². The molecule has 0 saturated carbocycles. The van der Waals surface area contributed by atoms with Crippen LogP contribution in [0.15, 0.2) is 30.3 Å². The number of carbonyl (C=O) groups is 2. The average molecular weight is 281 g/mol. The van der Waals surface area contributed by atoms with Gasteiger partial charge in [-0.25, -0.2) is 9.59 Å². The Bertz CT molecular complexity index is 442. The molecule has 4 N–H and O–H groups in total. The zero-order chi connectivity index (χ0) is 15.5. The molecule has 1 aromatic carbocycles. The van der Waals surface area contributed by atoms with Gasteiger partial charge in [-0.3, -0.25) is 0 Å². The lowest BCUT2D eigenvalue weighted by atomic mass is 10.1. The number of nitrogens with one attached hydrogen (secondary N) is 1. The number of benzene rings is 1. The molecule has 0 bridgehead atoms. The molecule has 0 aliphatic rings. The van der Waals surface area contributed by atoms with Gasteiger partial charge in [0.25, 0.3) is 1.43 Å². The molecular weight excluding hydrogens is 260 g/mol. The van der Waals surface area contributed by atoms with Crippen LogP contribution in [0, 0.1) is 0 Å². The number of amides is 1. The fourth-order valence-corrected chi connectivity index (χ4v) is 1.65. The van der Waals surface area contributed by atoms with Crippen molar-refractivity contribution in [2.24, 2.45) is 5.73 Å². The van der Waals surface area contributed by atoms with Crippen molar-refractivity contribution >= 4 is 12.1 Å². The standard InChI is InChI=1S/C14H20N2O4/c15-9-5-4-8-12(13(17)18)16-14(19)20-10-11-6-2-1-3-7-11/h1-3,6-7,12H,4-5,8-10,15H2,(H,16,19)(H,17,18)/t12-/m1/s1/i/hD. The second-order valence-electron chi connectivity index (χ2n) is 4.36. The van der Waals surface area contributed by atoms with E-state index in [2.05, 4.69) is 10.4 Å². The second kappa shape index (κ2) is 8.92. The Morgan fingerprint density at radius 3 is 2.75 bits per heavy atom. The molecular formula is C14H20N2O4. The number of rotatable bonds is 8. The van der Waals surface area contributed by atoms with Crippen molar-refractivity contribution in [2.45, 2.75) is 31.9 Å². The Kier molecular flexibility index (Phi) is 6.40. The van der Waals surface area contributed by atoms with E-state index in [1.54, 1.807) is 0 Å². The van der Waals surface area contributed by atoms with Crippen LogP contribution in [0.2, 0.25) is 0 Å². The summed E-state index contributed by atoms with van der Waals surface area (Å²) in [6, 6.07) is 8.29. The minimum atomic E-state index is -0.891. The zero-order valence-electron chi connectivity index (χ0n) is 12.2. The molecule has 20 heavy (non-hydrogen) atoms. The number of hydrogen-bond donors (Lipinski definition) is 3. The third kappa shape index (κ3) is 6.19. The number of unbranched alkanes of at least 4 members (excludes halogenated alkanes) is 1. The van der Waals surface area contributed by atoms with Gasteiger partial charge < -0.3 is 20.9 Å². The summed E-state index contributed by atoms with van der Waals surface area (Å²) in [6.07, 6.45) is 1.01. The van der Waals surface area contributed by atoms with Crippen molar-refractivity contribution in [1.29, 1.82) is 1.43 Å². The Balaban J connectivity index is 2.41. The molecule has 0 aromatic heterocycles. The number of hydrogen-bond acceptors (Lipinski definition) is 5. The van der Waals surface area contributed by atoms with Crippen molar-refractivity contribution < 1.29 is 19.4 Å². The molecule has 0 fully saturated rings. The Morgan fingerprint density at radius 2 is 2.10 bits per heavy atom. The summed E-state index contributed by atoms with van der Waals surface area (Å²) in [5.74, 6) is -0.816. The molecule has 6 nitrogen and oxygen atoms in total. The van der Waals surface area contributed by atoms with Crippen molar-refractivity contribution in [3.8, 4) is 0 Å². The van der Waals surface area contributed by atoms with Gasteiger partial charge in [-0.15, -0.1) is 0 Å². The minimum Gasteiger partial charge on any atom is -0.480 e. The number of carboxylic acid groups (broad SMARTS) is 1. The highest BCUT2D eigenvalue weighted by Crippen LogP contribution is 2.03. The minimum absolute atomic E-state index is 0.109. The lowest BCUT2D eigenvalue weighted by Gasteiger charge is -2.14. The van der Waals surface area contributed by atoms with Crippen molar-refractivity contribution in [1.82, 2.24) is 5.32 Å². The Hall–Kier alpha value is -2.08. The van der Waals surface area contributed by atoms with Gasteiger partial charge in [0, 0.05) is 0 Å². The van der Waals surface area contributed by atoms with Crippen LogP contribution in [0.5, 0.6) is 0 Å². The van der Waals surface area contributed by atoms with Gasteiger partial charge in [0.1, 0.15) is 12.6 Å². The van der Waals surface area contributed by atoms with Crippen LogP contribution in [0.25, 0.3) is 1.43 Å². The predicted molar refractivity (Wildman–Crippen MR) is 74.1 cm³/mol. The average Bonchev–Trinajstić information content (AvgIpc) is 2.52. The van der Waals surface area contributed by atoms with Gasteiger partial charge in [0.15, 0.2) is 0 Å². The number of ether oxygens (including phenoxy) is 1. The molecule has 0 heterocycles. The monoisotopic (exact) mass is 281 g/mol. The summed E-state index contributed by atoms with van der Waals surface area (Å²) in [7, 11) is 0. The number of aliphatic carboxylic acids is 1. The molecule has 6 heteroatoms. The summed E-state index contributed by atoms with van der Waals surface area (Å²) in [5, 5.41) is 6.32. The largest absolute Gasteiger partial charge is 0.480 e. The van der Waals surface area contributed by atoms with Gasteiger partial charge >= 0.3 is 12.1 Å². The zero-order valence-corrected chi connectivity index (χ0v) is 11.2. The van der Waals surface area contributed by atoms with E-state index in [1.165, 1.54) is 0 Å². The Morgan fingerprint density at radius 1 is 1.35 bits per heavy atom. The molecule has 1 aromatic rings. The fourth-order valence-electron chi connectivity index (χ4n) is 1.65. The van der Waals surface area contributed by atoms with E-state index in [9.17, 15) is 9.59 Å². The molecule has 0 aliphatic carbocycles. The van der Waals surface area contributed by atoms with E-state index >= 15 is 0 Å². The topological polar surface area (TPSA) is 102 Å². The summed E-state index contributed by atoms with van der Waals surface area (Å²) in [4.78, 5) is 23.1. The number of carboxylic acids is 1. The summed E-state index contributed by atoms with van der Waals surface area (Å²) in [5.41, 5.74) is 6.21. The molecule has 1 rings (SSSR count). The van der Waals surface area contributed by atoms with Crippen LogP contribution in [0.1, 0.15) is 24.8 Å². The van der Waals surface area contributed by atoms with Gasteiger partial charge in [0.2, 0.25) is 0 Å². The van der Waals surface area contributed by atoms with Gasteiger partial charge in [0.05, 0.1) is 0 Å². The molecule has 0 aliphatic heterocycles. The lowest BCUT2D eigenvalue weighted by molar-refractivity contribution is -0.139. The summed E-state index contributed by atoms with van der Waals surface area (Å²) in [6.45, 7) is 0.610. The molecule has 1 amide bonds. The van der Waals surface area contributed by atoms with Crippen LogP contribution in [0.4, 0.5) is 4.79 Å². The van der Waals surface area contributed by atoms with E-state index in [-0.39, 0.29) is 6.61 Å². The van der Waals surface area contributed by atoms with Crippen molar-refractivity contribution in [3.05, 3.63) is 35.9 Å². The first-order valence-electron chi connectivity index (χ1n) is 6.92. The first kappa shape index (κ1) is 14.3. The molecule has 0 unspecified atom stereocenters. The SMILES string of the molecule is [2H]OC(=O)[C@@H](CCCCN)NC(=O)OCc1ccccc1. The van der Waals surface area contributed by atoms with E-state index in [0.717, 1.165) is 12.0 Å². The molecule has 110 valence electrons. The van der Waals surface area contributed by atoms with Gasteiger partial charge in [-0.1, -0.05) is 30.3 Å². The summed E-state index contributed by atoms with van der Waals surface area (Å²) >= 11 is 0. The Labute approximate surface area is 119 Å². The molecule has 0 spiro atoms. The highest BCUT2D eigenvalue weighted by Gasteiger charge is 2.19. The van der Waals surface area contributed by atoms with Crippen LogP contribution >= 0.6 is 0 Å². The van der Waals surface area contributed by atoms with E-state index in [1.807, 2.05) is 30.3 Å². The third-order valence-corrected chi connectivity index (χ3v) is 2.74. The van der Waals surface area contributed by atoms with E-state index in [0.29, 0.717) is 19.4 Å². The number of carbonyl (C=O) groups excluding carboxylic acids is 1. The van der Waals surface area contributed by atoms with Crippen LogP contribution in [-0.2, 0) is 16.1 Å². The quantitative estimate of drug-likeness (QED) is 0.627. The van der Waals surface area contributed by atoms with Crippen LogP contribution in [0.3, 0.4) is 0 Å². The van der Waals surface area contributed by atoms with Crippen LogP contribution in [-0.4, -0.2) is 29.8 Å². The van der Waals surface area contributed by atoms with Crippen molar-refractivity contribution in [3.63, 3.8) is 0 Å². The lowest BCUT2D eigenvalue weighted by Crippen LogP contribution is -2.41. The number of nitrogens with two attached hydrogens (primary N) is 1. The van der Waals surface area contributed by atoms with Crippen molar-refractivity contribution in [2.75, 3.05) is 6.54 Å². The molecule has 1 atom stereocenters. The smallest absolute Gasteiger partial charge is 0.408 e. The number of alkyl carbamates (subject to hydrolysis) is 1. The van der Waals surface area contributed by atoms with Gasteiger partial charge in [-0.05, 0) is 31.4 Å². The normalized spacial score (nSPS) is 12.2. The predicted octanol–water partition coefficient (Wildman–Crippen LogP) is 1.49. The molecule has 0 saturated heterocycles. The highest BCUT2D eigenvalue weighted by molar-refractivity contribution is 5.79.